The Hall–Kier alpha value is -0.410. The van der Waals surface area contributed by atoms with Crippen LogP contribution in [0.15, 0.2) is 0 Å². The Balaban J connectivity index is 3.63. The van der Waals surface area contributed by atoms with E-state index in [1.807, 2.05) is 20.8 Å². The number of carbonyl (C=O) groups excluding carboxylic acids is 1. The summed E-state index contributed by atoms with van der Waals surface area (Å²) in [5, 5.41) is 0. The van der Waals surface area contributed by atoms with Crippen LogP contribution in [0.4, 0.5) is 0 Å². The van der Waals surface area contributed by atoms with E-state index in [0.29, 0.717) is 6.61 Å². The zero-order chi connectivity index (χ0) is 9.07. The molecule has 3 heteroatoms. The SMILES string of the molecule is CC(=O)[C@@H](N)COC(C)(C)C. The summed E-state index contributed by atoms with van der Waals surface area (Å²) < 4.78 is 5.31. The minimum absolute atomic E-state index is 0.0331. The summed E-state index contributed by atoms with van der Waals surface area (Å²) in [6.07, 6.45) is 0. The summed E-state index contributed by atoms with van der Waals surface area (Å²) >= 11 is 0. The normalized spacial score (nSPS) is 14.6. The van der Waals surface area contributed by atoms with Gasteiger partial charge in [0.15, 0.2) is 0 Å². The maximum atomic E-state index is 10.7. The van der Waals surface area contributed by atoms with Gasteiger partial charge in [0.2, 0.25) is 0 Å². The third kappa shape index (κ3) is 6.01. The third-order valence-corrected chi connectivity index (χ3v) is 1.22. The Labute approximate surface area is 67.9 Å². The Morgan fingerprint density at radius 3 is 2.27 bits per heavy atom. The zero-order valence-corrected chi connectivity index (χ0v) is 7.68. The molecule has 0 aromatic rings. The van der Waals surface area contributed by atoms with Crippen LogP contribution in [0.3, 0.4) is 0 Å². The highest BCUT2D eigenvalue weighted by atomic mass is 16.5. The average Bonchev–Trinajstić information content (AvgIpc) is 1.80. The van der Waals surface area contributed by atoms with E-state index in [9.17, 15) is 4.79 Å². The average molecular weight is 159 g/mol. The van der Waals surface area contributed by atoms with Crippen molar-refractivity contribution in [2.75, 3.05) is 6.61 Å². The second-order valence-corrected chi connectivity index (χ2v) is 3.64. The number of hydrogen-bond donors (Lipinski definition) is 1. The van der Waals surface area contributed by atoms with Crippen molar-refractivity contribution in [2.45, 2.75) is 39.3 Å². The highest BCUT2D eigenvalue weighted by Crippen LogP contribution is 2.06. The van der Waals surface area contributed by atoms with E-state index < -0.39 is 6.04 Å². The van der Waals surface area contributed by atoms with Crippen molar-refractivity contribution < 1.29 is 9.53 Å². The van der Waals surface area contributed by atoms with Gasteiger partial charge in [-0.25, -0.2) is 0 Å². The molecule has 0 unspecified atom stereocenters. The van der Waals surface area contributed by atoms with Crippen LogP contribution >= 0.6 is 0 Å². The van der Waals surface area contributed by atoms with Crippen LogP contribution in [0.25, 0.3) is 0 Å². The van der Waals surface area contributed by atoms with E-state index in [-0.39, 0.29) is 11.4 Å². The molecule has 66 valence electrons. The van der Waals surface area contributed by atoms with E-state index in [1.54, 1.807) is 0 Å². The molecule has 11 heavy (non-hydrogen) atoms. The Bertz CT molecular complexity index is 138. The van der Waals surface area contributed by atoms with Crippen molar-refractivity contribution in [1.29, 1.82) is 0 Å². The first-order chi connectivity index (χ1) is 4.83. The zero-order valence-electron chi connectivity index (χ0n) is 7.68. The maximum Gasteiger partial charge on any atom is 0.148 e. The molecule has 0 aliphatic rings. The summed E-state index contributed by atoms with van der Waals surface area (Å²) in [5.74, 6) is -0.0331. The number of rotatable bonds is 3. The summed E-state index contributed by atoms with van der Waals surface area (Å²) in [6, 6.07) is -0.478. The first kappa shape index (κ1) is 10.6. The fourth-order valence-electron chi connectivity index (χ4n) is 0.457. The molecule has 0 bridgehead atoms. The highest BCUT2D eigenvalue weighted by Gasteiger charge is 2.14. The molecule has 0 aromatic heterocycles. The molecule has 0 saturated carbocycles. The van der Waals surface area contributed by atoms with Gasteiger partial charge in [-0.2, -0.15) is 0 Å². The lowest BCUT2D eigenvalue weighted by Crippen LogP contribution is -2.36. The predicted molar refractivity (Wildman–Crippen MR) is 44.4 cm³/mol. The van der Waals surface area contributed by atoms with E-state index in [2.05, 4.69) is 0 Å². The Kier molecular flexibility index (Phi) is 3.69. The third-order valence-electron chi connectivity index (χ3n) is 1.22. The number of Topliss-reactive ketones (excluding diaryl/α,β-unsaturated/α-hetero) is 1. The molecule has 0 heterocycles. The van der Waals surface area contributed by atoms with Crippen LogP contribution in [0.2, 0.25) is 0 Å². The van der Waals surface area contributed by atoms with Gasteiger partial charge < -0.3 is 10.5 Å². The second kappa shape index (κ2) is 3.83. The molecule has 0 rings (SSSR count). The molecule has 0 aliphatic heterocycles. The molecule has 0 fully saturated rings. The van der Waals surface area contributed by atoms with Crippen LogP contribution in [-0.2, 0) is 9.53 Å². The summed E-state index contributed by atoms with van der Waals surface area (Å²) in [4.78, 5) is 10.7. The van der Waals surface area contributed by atoms with Gasteiger partial charge in [0.1, 0.15) is 5.78 Å². The van der Waals surface area contributed by atoms with E-state index in [0.717, 1.165) is 0 Å². The van der Waals surface area contributed by atoms with Crippen molar-refractivity contribution in [3.8, 4) is 0 Å². The van der Waals surface area contributed by atoms with Crippen LogP contribution in [-0.4, -0.2) is 24.0 Å². The number of ether oxygens (including phenoxy) is 1. The molecule has 0 amide bonds. The molecule has 0 saturated heterocycles. The lowest BCUT2D eigenvalue weighted by atomic mass is 10.2. The monoisotopic (exact) mass is 159 g/mol. The Morgan fingerprint density at radius 1 is 1.55 bits per heavy atom. The van der Waals surface area contributed by atoms with Crippen molar-refractivity contribution in [1.82, 2.24) is 0 Å². The number of ketones is 1. The molecular formula is C8H17NO2. The van der Waals surface area contributed by atoms with Gasteiger partial charge in [0.25, 0.3) is 0 Å². The van der Waals surface area contributed by atoms with Gasteiger partial charge >= 0.3 is 0 Å². The van der Waals surface area contributed by atoms with Gasteiger partial charge in [0.05, 0.1) is 18.2 Å². The molecule has 0 aromatic carbocycles. The minimum Gasteiger partial charge on any atom is -0.374 e. The topological polar surface area (TPSA) is 52.3 Å². The van der Waals surface area contributed by atoms with Crippen molar-refractivity contribution >= 4 is 5.78 Å². The van der Waals surface area contributed by atoms with Gasteiger partial charge in [-0.15, -0.1) is 0 Å². The molecule has 1 atom stereocenters. The molecule has 0 aliphatic carbocycles. The van der Waals surface area contributed by atoms with E-state index in [4.69, 9.17) is 10.5 Å². The maximum absolute atomic E-state index is 10.7. The van der Waals surface area contributed by atoms with Crippen LogP contribution in [0, 0.1) is 0 Å². The summed E-state index contributed by atoms with van der Waals surface area (Å²) in [6.45, 7) is 7.56. The Morgan fingerprint density at radius 2 is 2.00 bits per heavy atom. The first-order valence-corrected chi connectivity index (χ1v) is 3.73. The quantitative estimate of drug-likeness (QED) is 0.660. The largest absolute Gasteiger partial charge is 0.374 e. The molecule has 3 nitrogen and oxygen atoms in total. The molecule has 0 radical (unpaired) electrons. The fraction of sp³-hybridized carbons (Fsp3) is 0.875. The molecular weight excluding hydrogens is 142 g/mol. The second-order valence-electron chi connectivity index (χ2n) is 3.64. The summed E-state index contributed by atoms with van der Waals surface area (Å²) in [7, 11) is 0. The van der Waals surface area contributed by atoms with Gasteiger partial charge in [0, 0.05) is 0 Å². The van der Waals surface area contributed by atoms with Gasteiger partial charge in [-0.05, 0) is 27.7 Å². The van der Waals surface area contributed by atoms with Crippen LogP contribution < -0.4 is 5.73 Å². The van der Waals surface area contributed by atoms with E-state index in [1.165, 1.54) is 6.92 Å². The summed E-state index contributed by atoms with van der Waals surface area (Å²) in [5.41, 5.74) is 5.23. The number of nitrogens with two attached hydrogens (primary N) is 1. The van der Waals surface area contributed by atoms with Crippen molar-refractivity contribution in [3.05, 3.63) is 0 Å². The van der Waals surface area contributed by atoms with Crippen LogP contribution in [0.5, 0.6) is 0 Å². The van der Waals surface area contributed by atoms with E-state index >= 15 is 0 Å². The standard InChI is InChI=1S/C8H17NO2/c1-6(10)7(9)5-11-8(2,3)4/h7H,5,9H2,1-4H3/t7-/m0/s1. The molecule has 0 spiro atoms. The molecule has 2 N–H and O–H groups in total. The van der Waals surface area contributed by atoms with Crippen molar-refractivity contribution in [3.63, 3.8) is 0 Å². The number of carbonyl (C=O) groups is 1. The predicted octanol–water partition coefficient (Wildman–Crippen LogP) is 0.718. The van der Waals surface area contributed by atoms with Gasteiger partial charge in [-0.1, -0.05) is 0 Å². The lowest BCUT2D eigenvalue weighted by molar-refractivity contribution is -0.120. The highest BCUT2D eigenvalue weighted by molar-refractivity contribution is 5.81. The van der Waals surface area contributed by atoms with Gasteiger partial charge in [-0.3, -0.25) is 4.79 Å². The first-order valence-electron chi connectivity index (χ1n) is 3.73. The lowest BCUT2D eigenvalue weighted by Gasteiger charge is -2.21. The smallest absolute Gasteiger partial charge is 0.148 e. The minimum atomic E-state index is -0.478. The van der Waals surface area contributed by atoms with Crippen molar-refractivity contribution in [2.24, 2.45) is 5.73 Å². The number of hydrogen-bond acceptors (Lipinski definition) is 3. The fourth-order valence-corrected chi connectivity index (χ4v) is 0.457. The van der Waals surface area contributed by atoms with Crippen LogP contribution in [0.1, 0.15) is 27.7 Å².